The number of fused-ring (bicyclic) bond motifs is 2. The van der Waals surface area contributed by atoms with Crippen molar-refractivity contribution in [3.8, 4) is 11.5 Å². The van der Waals surface area contributed by atoms with Crippen LogP contribution in [0.25, 0.3) is 0 Å². The molecular weight excluding hydrogens is 312 g/mol. The summed E-state index contributed by atoms with van der Waals surface area (Å²) in [4.78, 5) is 15.4. The first-order valence-electron chi connectivity index (χ1n) is 8.04. The lowest BCUT2D eigenvalue weighted by Gasteiger charge is -2.40. The Labute approximate surface area is 141 Å². The number of methoxy groups -OCH3 is 3. The maximum absolute atomic E-state index is 11.5. The average Bonchev–Trinajstić information content (AvgIpc) is 2.82. The number of carbonyl (C=O) groups is 1. The Hall–Kier alpha value is -1.99. The summed E-state index contributed by atoms with van der Waals surface area (Å²) in [6.45, 7) is 2.08. The van der Waals surface area contributed by atoms with Gasteiger partial charge in [0.2, 0.25) is 0 Å². The Bertz CT molecular complexity index is 609. The molecular formula is C17H24N2O5. The zero-order valence-corrected chi connectivity index (χ0v) is 14.3. The minimum absolute atomic E-state index is 0.0181. The molecule has 2 aliphatic heterocycles. The molecule has 0 radical (unpaired) electrons. The fourth-order valence-corrected chi connectivity index (χ4v) is 3.90. The molecule has 0 aliphatic carbocycles. The molecule has 2 saturated heterocycles. The fraction of sp³-hybridized carbons (Fsp3) is 0.588. The number of likely N-dealkylation sites (tertiary alicyclic amines) is 1. The van der Waals surface area contributed by atoms with Crippen molar-refractivity contribution in [1.82, 2.24) is 9.80 Å². The number of carboxylic acid groups (broad SMARTS) is 1. The van der Waals surface area contributed by atoms with Crippen molar-refractivity contribution in [2.24, 2.45) is 0 Å². The van der Waals surface area contributed by atoms with E-state index in [2.05, 4.69) is 4.90 Å². The molecule has 0 saturated carbocycles. The summed E-state index contributed by atoms with van der Waals surface area (Å²) in [6.07, 6.45) is -0.135. The number of ether oxygens (including phenoxy) is 3. The SMILES string of the molecule is COc1ccc(CN2C[C@H]3C[C@@H](OC)[C@@H](C2)N3C(=O)O)c(OC)c1. The Kier molecular flexibility index (Phi) is 4.82. The van der Waals surface area contributed by atoms with Crippen LogP contribution in [0, 0.1) is 0 Å². The van der Waals surface area contributed by atoms with E-state index in [-0.39, 0.29) is 18.2 Å². The monoisotopic (exact) mass is 336 g/mol. The van der Waals surface area contributed by atoms with Gasteiger partial charge in [0.15, 0.2) is 0 Å². The molecule has 1 amide bonds. The van der Waals surface area contributed by atoms with Crippen LogP contribution in [-0.4, -0.2) is 73.6 Å². The standard InChI is InChI=1S/C17H24N2O5/c1-22-13-5-4-11(15(7-13)23-2)8-18-9-12-6-16(24-3)14(10-18)19(12)17(20)21/h4-5,7,12,14,16H,6,8-10H2,1-3H3,(H,20,21)/t12-,14-,16-/m1/s1. The highest BCUT2D eigenvalue weighted by Gasteiger charge is 2.48. The van der Waals surface area contributed by atoms with Gasteiger partial charge in [-0.1, -0.05) is 6.07 Å². The third kappa shape index (κ3) is 3.01. The number of piperazine rings is 1. The van der Waals surface area contributed by atoms with Crippen LogP contribution in [0.3, 0.4) is 0 Å². The van der Waals surface area contributed by atoms with E-state index >= 15 is 0 Å². The first-order chi connectivity index (χ1) is 11.6. The predicted octanol–water partition coefficient (Wildman–Crippen LogP) is 1.66. The van der Waals surface area contributed by atoms with E-state index in [0.717, 1.165) is 23.5 Å². The van der Waals surface area contributed by atoms with E-state index in [0.29, 0.717) is 19.6 Å². The number of nitrogens with zero attached hydrogens (tertiary/aromatic N) is 2. The molecule has 2 bridgehead atoms. The van der Waals surface area contributed by atoms with E-state index in [4.69, 9.17) is 14.2 Å². The van der Waals surface area contributed by atoms with E-state index in [1.165, 1.54) is 0 Å². The van der Waals surface area contributed by atoms with Crippen LogP contribution in [-0.2, 0) is 11.3 Å². The van der Waals surface area contributed by atoms with Gasteiger partial charge in [-0.05, 0) is 12.5 Å². The molecule has 0 spiro atoms. The molecule has 1 aromatic rings. The first-order valence-corrected chi connectivity index (χ1v) is 8.04. The molecule has 24 heavy (non-hydrogen) atoms. The summed E-state index contributed by atoms with van der Waals surface area (Å²) in [6, 6.07) is 5.65. The van der Waals surface area contributed by atoms with Crippen molar-refractivity contribution in [3.63, 3.8) is 0 Å². The minimum atomic E-state index is -0.855. The molecule has 0 unspecified atom stereocenters. The summed E-state index contributed by atoms with van der Waals surface area (Å²) >= 11 is 0. The molecule has 2 heterocycles. The van der Waals surface area contributed by atoms with Gasteiger partial charge in [-0.3, -0.25) is 9.80 Å². The maximum Gasteiger partial charge on any atom is 0.407 e. The second-order valence-electron chi connectivity index (χ2n) is 6.29. The molecule has 1 aromatic carbocycles. The second kappa shape index (κ2) is 6.86. The van der Waals surface area contributed by atoms with Crippen molar-refractivity contribution in [3.05, 3.63) is 23.8 Å². The highest BCUT2D eigenvalue weighted by molar-refractivity contribution is 5.67. The average molecular weight is 336 g/mol. The predicted molar refractivity (Wildman–Crippen MR) is 87.7 cm³/mol. The lowest BCUT2D eigenvalue weighted by molar-refractivity contribution is 0.0218. The molecule has 0 aromatic heterocycles. The Morgan fingerprint density at radius 3 is 2.67 bits per heavy atom. The quantitative estimate of drug-likeness (QED) is 0.882. The highest BCUT2D eigenvalue weighted by atomic mass is 16.5. The topological polar surface area (TPSA) is 71.5 Å². The van der Waals surface area contributed by atoms with Gasteiger partial charge in [0.1, 0.15) is 11.5 Å². The largest absolute Gasteiger partial charge is 0.497 e. The molecule has 3 atom stereocenters. The van der Waals surface area contributed by atoms with E-state index in [9.17, 15) is 9.90 Å². The van der Waals surface area contributed by atoms with Crippen LogP contribution >= 0.6 is 0 Å². The smallest absolute Gasteiger partial charge is 0.407 e. The molecule has 2 aliphatic rings. The van der Waals surface area contributed by atoms with Crippen LogP contribution in [0.2, 0.25) is 0 Å². The number of hydrogen-bond donors (Lipinski definition) is 1. The van der Waals surface area contributed by atoms with E-state index < -0.39 is 6.09 Å². The van der Waals surface area contributed by atoms with Crippen LogP contribution in [0.15, 0.2) is 18.2 Å². The van der Waals surface area contributed by atoms with Crippen LogP contribution in [0.4, 0.5) is 4.79 Å². The van der Waals surface area contributed by atoms with Crippen LogP contribution in [0.5, 0.6) is 11.5 Å². The van der Waals surface area contributed by atoms with Crippen molar-refractivity contribution in [2.75, 3.05) is 34.4 Å². The first kappa shape index (κ1) is 16.9. The van der Waals surface area contributed by atoms with Gasteiger partial charge in [0.25, 0.3) is 0 Å². The Balaban J connectivity index is 1.75. The van der Waals surface area contributed by atoms with Crippen molar-refractivity contribution < 1.29 is 24.1 Å². The summed E-state index contributed by atoms with van der Waals surface area (Å²) in [7, 11) is 4.93. The van der Waals surface area contributed by atoms with Crippen molar-refractivity contribution in [2.45, 2.75) is 31.2 Å². The highest BCUT2D eigenvalue weighted by Crippen LogP contribution is 2.34. The third-order valence-electron chi connectivity index (χ3n) is 5.01. The van der Waals surface area contributed by atoms with Gasteiger partial charge in [0, 0.05) is 38.4 Å². The molecule has 1 N–H and O–H groups in total. The second-order valence-corrected chi connectivity index (χ2v) is 6.29. The Morgan fingerprint density at radius 2 is 2.04 bits per heavy atom. The van der Waals surface area contributed by atoms with Gasteiger partial charge in [0.05, 0.1) is 32.4 Å². The van der Waals surface area contributed by atoms with Gasteiger partial charge in [-0.25, -0.2) is 4.79 Å². The summed E-state index contributed by atoms with van der Waals surface area (Å²) in [5, 5.41) is 9.47. The number of benzene rings is 1. The third-order valence-corrected chi connectivity index (χ3v) is 5.01. The number of rotatable bonds is 5. The number of amides is 1. The Morgan fingerprint density at radius 1 is 1.25 bits per heavy atom. The fourth-order valence-electron chi connectivity index (χ4n) is 3.90. The van der Waals surface area contributed by atoms with Crippen LogP contribution < -0.4 is 9.47 Å². The summed E-state index contributed by atoms with van der Waals surface area (Å²) < 4.78 is 16.2. The van der Waals surface area contributed by atoms with Gasteiger partial charge in [-0.2, -0.15) is 0 Å². The van der Waals surface area contributed by atoms with Crippen LogP contribution in [0.1, 0.15) is 12.0 Å². The van der Waals surface area contributed by atoms with Gasteiger partial charge < -0.3 is 19.3 Å². The van der Waals surface area contributed by atoms with Crippen molar-refractivity contribution in [1.29, 1.82) is 0 Å². The molecule has 3 rings (SSSR count). The normalized spacial score (nSPS) is 26.5. The van der Waals surface area contributed by atoms with E-state index in [1.54, 1.807) is 26.2 Å². The zero-order valence-electron chi connectivity index (χ0n) is 14.3. The number of hydrogen-bond acceptors (Lipinski definition) is 5. The van der Waals surface area contributed by atoms with Gasteiger partial charge in [-0.15, -0.1) is 0 Å². The van der Waals surface area contributed by atoms with Crippen molar-refractivity contribution >= 4 is 6.09 Å². The lowest BCUT2D eigenvalue weighted by atomic mass is 10.1. The summed E-state index contributed by atoms with van der Waals surface area (Å²) in [5.74, 6) is 1.54. The molecule has 7 nitrogen and oxygen atoms in total. The van der Waals surface area contributed by atoms with Gasteiger partial charge >= 0.3 is 6.09 Å². The van der Waals surface area contributed by atoms with E-state index in [1.807, 2.05) is 18.2 Å². The maximum atomic E-state index is 11.5. The molecule has 132 valence electrons. The molecule has 7 heteroatoms. The minimum Gasteiger partial charge on any atom is -0.497 e. The molecule has 2 fully saturated rings. The summed E-state index contributed by atoms with van der Waals surface area (Å²) in [5.41, 5.74) is 1.07. The lowest BCUT2D eigenvalue weighted by Crippen LogP contribution is -2.56. The zero-order chi connectivity index (χ0) is 17.3.